The van der Waals surface area contributed by atoms with Crippen molar-refractivity contribution in [3.05, 3.63) is 101 Å². The number of benzene rings is 3. The van der Waals surface area contributed by atoms with Crippen LogP contribution >= 0.6 is 0 Å². The quantitative estimate of drug-likeness (QED) is 0.352. The van der Waals surface area contributed by atoms with Crippen molar-refractivity contribution < 1.29 is 14.0 Å². The van der Waals surface area contributed by atoms with Crippen LogP contribution in [0.4, 0.5) is 9.18 Å². The molecule has 0 aliphatic carbocycles. The van der Waals surface area contributed by atoms with Gasteiger partial charge >= 0.3 is 6.03 Å². The number of nitrogens with zero attached hydrogens (tertiary/aromatic N) is 2. The average Bonchev–Trinajstić information content (AvgIpc) is 3.33. The van der Waals surface area contributed by atoms with Crippen molar-refractivity contribution in [1.82, 2.24) is 25.4 Å². The van der Waals surface area contributed by atoms with Crippen LogP contribution in [0.5, 0.6) is 0 Å². The van der Waals surface area contributed by atoms with Crippen LogP contribution in [0.25, 0.3) is 32.9 Å². The highest BCUT2D eigenvalue weighted by molar-refractivity contribution is 6.07. The molecule has 0 bridgehead atoms. The predicted molar refractivity (Wildman–Crippen MR) is 128 cm³/mol. The minimum atomic E-state index is -1.53. The first-order valence-corrected chi connectivity index (χ1v) is 10.9. The first kappa shape index (κ1) is 20.8. The van der Waals surface area contributed by atoms with E-state index in [2.05, 4.69) is 20.7 Å². The van der Waals surface area contributed by atoms with Crippen molar-refractivity contribution in [3.8, 4) is 11.1 Å². The number of hydrogen-bond acceptors (Lipinski definition) is 4. The van der Waals surface area contributed by atoms with E-state index in [-0.39, 0.29) is 11.9 Å². The van der Waals surface area contributed by atoms with Crippen molar-refractivity contribution in [3.63, 3.8) is 0 Å². The van der Waals surface area contributed by atoms with Crippen molar-refractivity contribution in [2.24, 2.45) is 0 Å². The van der Waals surface area contributed by atoms with Gasteiger partial charge in [0, 0.05) is 11.6 Å². The molecule has 3 amide bonds. The van der Waals surface area contributed by atoms with E-state index >= 15 is 0 Å². The fourth-order valence-corrected chi connectivity index (χ4v) is 4.67. The van der Waals surface area contributed by atoms with E-state index in [4.69, 9.17) is 0 Å². The highest BCUT2D eigenvalue weighted by Crippen LogP contribution is 2.32. The molecule has 0 saturated carbocycles. The molecule has 2 aromatic heterocycles. The number of rotatable bonds is 4. The predicted octanol–water partition coefficient (Wildman–Crippen LogP) is 3.42. The molecule has 1 saturated heterocycles. The molecule has 3 aromatic carbocycles. The van der Waals surface area contributed by atoms with Crippen LogP contribution < -0.4 is 16.2 Å². The lowest BCUT2D eigenvalue weighted by Gasteiger charge is -2.26. The number of fused-ring (bicyclic) bond motifs is 2. The Labute approximate surface area is 197 Å². The number of halogens is 1. The number of carbonyl (C=O) groups excluding carboxylic acids is 2. The first-order chi connectivity index (χ1) is 16.9. The van der Waals surface area contributed by atoms with E-state index in [0.717, 1.165) is 28.1 Å². The third-order valence-electron chi connectivity index (χ3n) is 6.38. The summed E-state index contributed by atoms with van der Waals surface area (Å²) in [6.45, 7) is -0.197. The molecular weight excluding hydrogens is 449 g/mol. The van der Waals surface area contributed by atoms with Crippen molar-refractivity contribution in [1.29, 1.82) is 0 Å². The zero-order valence-corrected chi connectivity index (χ0v) is 18.2. The van der Waals surface area contributed by atoms with Crippen LogP contribution in [0.1, 0.15) is 5.56 Å². The van der Waals surface area contributed by atoms with E-state index in [9.17, 15) is 18.8 Å². The lowest BCUT2D eigenvalue weighted by Crippen LogP contribution is -2.49. The van der Waals surface area contributed by atoms with E-state index in [1.165, 1.54) is 16.8 Å². The Balaban J connectivity index is 1.44. The maximum absolute atomic E-state index is 13.7. The number of aromatic nitrogens is 3. The van der Waals surface area contributed by atoms with Gasteiger partial charge in [-0.2, -0.15) is 0 Å². The Kier molecular flexibility index (Phi) is 4.53. The molecule has 6 rings (SSSR count). The first-order valence-electron chi connectivity index (χ1n) is 10.9. The van der Waals surface area contributed by atoms with E-state index in [1.54, 1.807) is 18.3 Å². The summed E-state index contributed by atoms with van der Waals surface area (Å²) < 4.78 is 14.9. The number of nitrogens with one attached hydrogen (secondary N) is 3. The Morgan fingerprint density at radius 2 is 1.74 bits per heavy atom. The number of H-pyrrole nitrogens is 1. The van der Waals surface area contributed by atoms with Crippen LogP contribution in [0.2, 0.25) is 0 Å². The summed E-state index contributed by atoms with van der Waals surface area (Å²) in [7, 11) is 0. The van der Waals surface area contributed by atoms with Gasteiger partial charge in [-0.25, -0.2) is 13.9 Å². The van der Waals surface area contributed by atoms with Crippen molar-refractivity contribution in [2.45, 2.75) is 12.1 Å². The average molecular weight is 467 g/mol. The summed E-state index contributed by atoms with van der Waals surface area (Å²) in [6, 6.07) is 20.1. The van der Waals surface area contributed by atoms with E-state index < -0.39 is 28.9 Å². The zero-order chi connectivity index (χ0) is 24.2. The molecule has 8 nitrogen and oxygen atoms in total. The number of pyridine rings is 1. The van der Waals surface area contributed by atoms with Crippen LogP contribution in [0.3, 0.4) is 0 Å². The summed E-state index contributed by atoms with van der Waals surface area (Å²) in [5.41, 5.74) is 1.65. The molecule has 5 aromatic rings. The minimum Gasteiger partial charge on any atom is -0.318 e. The second-order valence-electron chi connectivity index (χ2n) is 8.46. The van der Waals surface area contributed by atoms with Gasteiger partial charge in [-0.05, 0) is 47.0 Å². The van der Waals surface area contributed by atoms with Crippen LogP contribution in [0, 0.1) is 5.82 Å². The lowest BCUT2D eigenvalue weighted by atomic mass is 9.88. The number of urea groups is 1. The molecule has 9 heteroatoms. The fraction of sp³-hybridized carbons (Fsp3) is 0.0769. The molecule has 1 atom stereocenters. The van der Waals surface area contributed by atoms with Gasteiger partial charge in [-0.3, -0.25) is 25.0 Å². The molecule has 35 heavy (non-hydrogen) atoms. The van der Waals surface area contributed by atoms with Crippen molar-refractivity contribution in [2.75, 3.05) is 0 Å². The fourth-order valence-electron chi connectivity index (χ4n) is 4.67. The monoisotopic (exact) mass is 467 g/mol. The highest BCUT2D eigenvalue weighted by Gasteiger charge is 2.48. The zero-order valence-electron chi connectivity index (χ0n) is 18.2. The molecule has 0 radical (unpaired) electrons. The van der Waals surface area contributed by atoms with Gasteiger partial charge in [-0.1, -0.05) is 42.5 Å². The van der Waals surface area contributed by atoms with Crippen LogP contribution in [0.15, 0.2) is 83.8 Å². The molecule has 172 valence electrons. The number of hydrogen-bond donors (Lipinski definition) is 3. The second-order valence-corrected chi connectivity index (χ2v) is 8.46. The van der Waals surface area contributed by atoms with Gasteiger partial charge in [-0.15, -0.1) is 0 Å². The maximum Gasteiger partial charge on any atom is 0.322 e. The summed E-state index contributed by atoms with van der Waals surface area (Å²) in [4.78, 5) is 42.5. The number of aromatic amines is 1. The summed E-state index contributed by atoms with van der Waals surface area (Å²) in [5, 5.41) is 9.01. The summed E-state index contributed by atoms with van der Waals surface area (Å²) in [5.74, 6) is -1.12. The number of amides is 3. The van der Waals surface area contributed by atoms with Gasteiger partial charge in [0.25, 0.3) is 11.5 Å². The Morgan fingerprint density at radius 3 is 2.51 bits per heavy atom. The summed E-state index contributed by atoms with van der Waals surface area (Å²) >= 11 is 0. The lowest BCUT2D eigenvalue weighted by molar-refractivity contribution is -0.124. The molecule has 3 N–H and O–H groups in total. The SMILES string of the molecule is O=C1NC(=O)[C@](Cn2[nH]c3ccc(F)cc3c2=O)(c2ccc(-c3cccc4ncccc34)cc2)N1. The van der Waals surface area contributed by atoms with Gasteiger partial charge in [0.2, 0.25) is 0 Å². The Hall–Kier alpha value is -4.79. The molecule has 0 spiro atoms. The van der Waals surface area contributed by atoms with Gasteiger partial charge < -0.3 is 5.32 Å². The molecule has 1 aliphatic heterocycles. The van der Waals surface area contributed by atoms with Crippen LogP contribution in [-0.2, 0) is 16.9 Å². The third-order valence-corrected chi connectivity index (χ3v) is 6.38. The van der Waals surface area contributed by atoms with Crippen molar-refractivity contribution >= 4 is 33.7 Å². The van der Waals surface area contributed by atoms with Gasteiger partial charge in [0.15, 0.2) is 5.54 Å². The van der Waals surface area contributed by atoms with E-state index in [0.29, 0.717) is 11.1 Å². The second kappa shape index (κ2) is 7.63. The number of imide groups is 1. The highest BCUT2D eigenvalue weighted by atomic mass is 19.1. The Bertz CT molecular complexity index is 1700. The normalized spacial score (nSPS) is 17.6. The maximum atomic E-state index is 13.7. The topological polar surface area (TPSA) is 109 Å². The molecule has 1 aliphatic rings. The third kappa shape index (κ3) is 3.28. The summed E-state index contributed by atoms with van der Waals surface area (Å²) in [6.07, 6.45) is 1.74. The van der Waals surface area contributed by atoms with Gasteiger partial charge in [0.1, 0.15) is 5.82 Å². The minimum absolute atomic E-state index is 0.157. The Morgan fingerprint density at radius 1 is 0.914 bits per heavy atom. The molecule has 3 heterocycles. The molecule has 0 unspecified atom stereocenters. The van der Waals surface area contributed by atoms with Gasteiger partial charge in [0.05, 0.1) is 23.0 Å². The molecular formula is C26H18FN5O3. The molecule has 1 fully saturated rings. The largest absolute Gasteiger partial charge is 0.322 e. The standard InChI is InChI=1S/C26H18FN5O3/c27-17-10-11-22-20(13-17)23(33)32(31-22)14-26(24(34)29-25(35)30-26)16-8-6-15(7-9-16)18-3-1-5-21-19(18)4-2-12-28-21/h1-13,31H,14H2,(H2,29,30,34,35)/t26-/m0/s1. The van der Waals surface area contributed by atoms with Crippen LogP contribution in [-0.4, -0.2) is 26.7 Å². The number of carbonyl (C=O) groups is 2. The smallest absolute Gasteiger partial charge is 0.318 e. The van der Waals surface area contributed by atoms with E-state index in [1.807, 2.05) is 42.5 Å².